The lowest BCUT2D eigenvalue weighted by Crippen LogP contribution is -2.22. The van der Waals surface area contributed by atoms with Crippen molar-refractivity contribution in [2.45, 2.75) is 13.8 Å². The minimum absolute atomic E-state index is 0.418. The molecule has 0 unspecified atom stereocenters. The Labute approximate surface area is 68.9 Å². The molecule has 0 bridgehead atoms. The maximum Gasteiger partial charge on any atom is 0.251 e. The first-order valence-electron chi connectivity index (χ1n) is 3.66. The standard InChI is InChI=1S/C8H8N2O2/c1-5-3-4-7-8(6(5)2)9-12-10(7)11/h3-4H,1-2H3. The van der Waals surface area contributed by atoms with Crippen LogP contribution < -0.4 is 4.90 Å². The van der Waals surface area contributed by atoms with Crippen molar-refractivity contribution < 1.29 is 9.53 Å². The molecule has 12 heavy (non-hydrogen) atoms. The van der Waals surface area contributed by atoms with Crippen LogP contribution in [0.3, 0.4) is 0 Å². The molecule has 1 aromatic heterocycles. The highest BCUT2D eigenvalue weighted by Gasteiger charge is 2.12. The summed E-state index contributed by atoms with van der Waals surface area (Å²) in [6.07, 6.45) is 0. The highest BCUT2D eigenvalue weighted by atomic mass is 16.8. The molecule has 0 aliphatic carbocycles. The van der Waals surface area contributed by atoms with E-state index in [0.29, 0.717) is 15.9 Å². The molecule has 4 nitrogen and oxygen atoms in total. The molecule has 0 N–H and O–H groups in total. The Morgan fingerprint density at radius 2 is 2.17 bits per heavy atom. The summed E-state index contributed by atoms with van der Waals surface area (Å²) in [5.41, 5.74) is 3.23. The van der Waals surface area contributed by atoms with Crippen molar-refractivity contribution in [3.8, 4) is 0 Å². The van der Waals surface area contributed by atoms with Crippen LogP contribution in [0.4, 0.5) is 0 Å². The third-order valence-electron chi connectivity index (χ3n) is 2.08. The van der Waals surface area contributed by atoms with Gasteiger partial charge in [0, 0.05) is 10.7 Å². The molecule has 0 saturated heterocycles. The molecule has 2 aromatic rings. The van der Waals surface area contributed by atoms with Crippen LogP contribution in [-0.2, 0) is 0 Å². The normalized spacial score (nSPS) is 10.8. The van der Waals surface area contributed by atoms with E-state index in [-0.39, 0.29) is 0 Å². The van der Waals surface area contributed by atoms with Gasteiger partial charge in [-0.25, -0.2) is 0 Å². The molecule has 0 saturated carbocycles. The molecule has 0 atom stereocenters. The zero-order valence-corrected chi connectivity index (χ0v) is 6.87. The van der Waals surface area contributed by atoms with Gasteiger partial charge in [-0.1, -0.05) is 6.07 Å². The molecule has 0 fully saturated rings. The summed E-state index contributed by atoms with van der Waals surface area (Å²) in [7, 11) is 0. The van der Waals surface area contributed by atoms with Crippen LogP contribution in [0.5, 0.6) is 0 Å². The van der Waals surface area contributed by atoms with E-state index in [0.717, 1.165) is 11.1 Å². The van der Waals surface area contributed by atoms with Gasteiger partial charge in [0.05, 0.1) is 0 Å². The Morgan fingerprint density at radius 1 is 1.42 bits per heavy atom. The van der Waals surface area contributed by atoms with E-state index in [2.05, 4.69) is 9.79 Å². The fourth-order valence-corrected chi connectivity index (χ4v) is 1.17. The fourth-order valence-electron chi connectivity index (χ4n) is 1.17. The molecule has 62 valence electrons. The lowest BCUT2D eigenvalue weighted by molar-refractivity contribution is -0.782. The average molecular weight is 164 g/mol. The Bertz CT molecular complexity index is 434. The second kappa shape index (κ2) is 2.20. The minimum Gasteiger partial charge on any atom is -0.359 e. The second-order valence-corrected chi connectivity index (χ2v) is 2.81. The van der Waals surface area contributed by atoms with E-state index in [1.807, 2.05) is 19.9 Å². The molecular weight excluding hydrogens is 156 g/mol. The predicted molar refractivity (Wildman–Crippen MR) is 42.4 cm³/mol. The van der Waals surface area contributed by atoms with Crippen LogP contribution in [0.2, 0.25) is 0 Å². The van der Waals surface area contributed by atoms with Crippen molar-refractivity contribution >= 4 is 11.0 Å². The summed E-state index contributed by atoms with van der Waals surface area (Å²) >= 11 is 0. The summed E-state index contributed by atoms with van der Waals surface area (Å²) in [6, 6.07) is 3.59. The smallest absolute Gasteiger partial charge is 0.251 e. The minimum atomic E-state index is 0.418. The molecular formula is C8H8N2O2. The van der Waals surface area contributed by atoms with Crippen LogP contribution >= 0.6 is 0 Å². The van der Waals surface area contributed by atoms with Crippen molar-refractivity contribution in [2.24, 2.45) is 0 Å². The Hall–Kier alpha value is -1.58. The van der Waals surface area contributed by atoms with Crippen LogP contribution in [0.25, 0.3) is 11.0 Å². The molecule has 0 amide bonds. The number of rotatable bonds is 0. The van der Waals surface area contributed by atoms with Crippen molar-refractivity contribution in [3.05, 3.63) is 28.5 Å². The quantitative estimate of drug-likeness (QED) is 0.547. The molecule has 0 aliphatic rings. The van der Waals surface area contributed by atoms with Crippen molar-refractivity contribution in [3.63, 3.8) is 0 Å². The highest BCUT2D eigenvalue weighted by molar-refractivity contribution is 5.75. The summed E-state index contributed by atoms with van der Waals surface area (Å²) in [5.74, 6) is 0. The highest BCUT2D eigenvalue weighted by Crippen LogP contribution is 2.15. The molecule has 4 heteroatoms. The van der Waals surface area contributed by atoms with Gasteiger partial charge in [0.25, 0.3) is 5.52 Å². The summed E-state index contributed by atoms with van der Waals surface area (Å²) in [5, 5.41) is 14.6. The van der Waals surface area contributed by atoms with Crippen LogP contribution in [0.1, 0.15) is 11.1 Å². The van der Waals surface area contributed by atoms with Gasteiger partial charge in [-0.15, -0.1) is 0 Å². The first-order valence-corrected chi connectivity index (χ1v) is 3.66. The lowest BCUT2D eigenvalue weighted by Gasteiger charge is -1.94. The molecule has 1 heterocycles. The maximum absolute atomic E-state index is 10.9. The van der Waals surface area contributed by atoms with E-state index in [1.54, 1.807) is 6.07 Å². The SMILES string of the molecule is Cc1ccc2c(no[n+]2[O-])c1C. The molecule has 0 aliphatic heterocycles. The average Bonchev–Trinajstić information content (AvgIpc) is 2.41. The third-order valence-corrected chi connectivity index (χ3v) is 2.08. The summed E-state index contributed by atoms with van der Waals surface area (Å²) in [4.78, 5) is 0.418. The zero-order chi connectivity index (χ0) is 8.72. The number of aryl methyl sites for hydroxylation is 2. The van der Waals surface area contributed by atoms with Crippen molar-refractivity contribution in [1.82, 2.24) is 5.16 Å². The van der Waals surface area contributed by atoms with Gasteiger partial charge in [-0.3, -0.25) is 4.63 Å². The van der Waals surface area contributed by atoms with Crippen LogP contribution in [0, 0.1) is 19.1 Å². The number of aromatic nitrogens is 2. The zero-order valence-electron chi connectivity index (χ0n) is 6.87. The van der Waals surface area contributed by atoms with Crippen molar-refractivity contribution in [2.75, 3.05) is 0 Å². The number of fused-ring (bicyclic) bond motifs is 1. The van der Waals surface area contributed by atoms with E-state index in [1.165, 1.54) is 0 Å². The third kappa shape index (κ3) is 0.777. The van der Waals surface area contributed by atoms with Gasteiger partial charge < -0.3 is 5.21 Å². The first kappa shape index (κ1) is 7.09. The molecule has 2 rings (SSSR count). The largest absolute Gasteiger partial charge is 0.359 e. The maximum atomic E-state index is 10.9. The second-order valence-electron chi connectivity index (χ2n) is 2.81. The Kier molecular flexibility index (Phi) is 1.30. The van der Waals surface area contributed by atoms with Gasteiger partial charge in [-0.2, -0.15) is 0 Å². The van der Waals surface area contributed by atoms with E-state index in [9.17, 15) is 5.21 Å². The number of benzene rings is 1. The first-order chi connectivity index (χ1) is 5.70. The fraction of sp³-hybridized carbons (Fsp3) is 0.250. The molecule has 0 spiro atoms. The summed E-state index contributed by atoms with van der Waals surface area (Å²) in [6.45, 7) is 3.89. The Morgan fingerprint density at radius 3 is 2.92 bits per heavy atom. The van der Waals surface area contributed by atoms with E-state index in [4.69, 9.17) is 0 Å². The Balaban J connectivity index is 2.93. The van der Waals surface area contributed by atoms with E-state index < -0.39 is 0 Å². The van der Waals surface area contributed by atoms with Gasteiger partial charge >= 0.3 is 0 Å². The van der Waals surface area contributed by atoms with Gasteiger partial charge in [0.15, 0.2) is 0 Å². The lowest BCUT2D eigenvalue weighted by atomic mass is 10.1. The van der Waals surface area contributed by atoms with E-state index >= 15 is 0 Å². The summed E-state index contributed by atoms with van der Waals surface area (Å²) < 4.78 is 4.46. The topological polar surface area (TPSA) is 53.0 Å². The number of hydrogen-bond donors (Lipinski definition) is 0. The van der Waals surface area contributed by atoms with Crippen LogP contribution in [-0.4, -0.2) is 5.16 Å². The predicted octanol–water partition coefficient (Wildman–Crippen LogP) is 1.08. The monoisotopic (exact) mass is 164 g/mol. The number of hydrogen-bond acceptors (Lipinski definition) is 3. The van der Waals surface area contributed by atoms with Crippen molar-refractivity contribution in [1.29, 1.82) is 0 Å². The number of nitrogens with zero attached hydrogens (tertiary/aromatic N) is 2. The molecule has 0 radical (unpaired) electrons. The van der Waals surface area contributed by atoms with Crippen LogP contribution in [0.15, 0.2) is 16.8 Å². The molecule has 1 aromatic carbocycles. The van der Waals surface area contributed by atoms with Gasteiger partial charge in [-0.05, 0) is 30.4 Å². The van der Waals surface area contributed by atoms with Gasteiger partial charge in [0.2, 0.25) is 5.52 Å². The van der Waals surface area contributed by atoms with Gasteiger partial charge in [0.1, 0.15) is 0 Å².